The maximum atomic E-state index is 11.7. The number of ether oxygens (including phenoxy) is 1. The van der Waals surface area contributed by atoms with Crippen LogP contribution in [0.5, 0.6) is 0 Å². The van der Waals surface area contributed by atoms with Gasteiger partial charge < -0.3 is 4.74 Å². The zero-order valence-corrected chi connectivity index (χ0v) is 11.8. The van der Waals surface area contributed by atoms with Gasteiger partial charge in [0, 0.05) is 5.57 Å². The summed E-state index contributed by atoms with van der Waals surface area (Å²) < 4.78 is 5.47. The van der Waals surface area contributed by atoms with Crippen molar-refractivity contribution in [3.05, 3.63) is 23.3 Å². The minimum absolute atomic E-state index is 0.00229. The Bertz CT molecular complexity index is 465. The summed E-state index contributed by atoms with van der Waals surface area (Å²) in [7, 11) is 0. The highest BCUT2D eigenvalue weighted by molar-refractivity contribution is 6.22. The van der Waals surface area contributed by atoms with Crippen molar-refractivity contribution >= 4 is 17.6 Å². The van der Waals surface area contributed by atoms with E-state index in [2.05, 4.69) is 26.0 Å². The van der Waals surface area contributed by atoms with Crippen LogP contribution < -0.4 is 0 Å². The molecule has 18 heavy (non-hydrogen) atoms. The molecule has 1 heterocycles. The van der Waals surface area contributed by atoms with Crippen molar-refractivity contribution in [2.45, 2.75) is 45.1 Å². The fourth-order valence-electron chi connectivity index (χ4n) is 3.82. The lowest BCUT2D eigenvalue weighted by molar-refractivity contribution is -0.141. The van der Waals surface area contributed by atoms with Gasteiger partial charge in [-0.25, -0.2) is 4.79 Å². The molecule has 1 fully saturated rings. The lowest BCUT2D eigenvalue weighted by Gasteiger charge is -2.48. The summed E-state index contributed by atoms with van der Waals surface area (Å²) >= 11 is 6.36. The SMILES string of the molecule is CC1=C2C[C@@H]3[C@@H](C)C(Cl)C=C[C@]3(C)C[C@@H]2OC1=O. The normalized spacial score (nSPS) is 46.8. The van der Waals surface area contributed by atoms with Gasteiger partial charge in [-0.15, -0.1) is 11.6 Å². The number of hydrogen-bond acceptors (Lipinski definition) is 2. The van der Waals surface area contributed by atoms with E-state index in [1.807, 2.05) is 6.92 Å². The number of rotatable bonds is 0. The van der Waals surface area contributed by atoms with E-state index in [0.29, 0.717) is 11.8 Å². The third-order valence-corrected chi connectivity index (χ3v) is 5.68. The van der Waals surface area contributed by atoms with E-state index in [0.717, 1.165) is 18.4 Å². The molecular weight excluding hydrogens is 248 g/mol. The van der Waals surface area contributed by atoms with E-state index in [4.69, 9.17) is 16.3 Å². The minimum Gasteiger partial charge on any atom is -0.454 e. The van der Waals surface area contributed by atoms with Crippen LogP contribution in [0.1, 0.15) is 33.6 Å². The molecule has 3 rings (SSSR count). The van der Waals surface area contributed by atoms with Gasteiger partial charge in [0.05, 0.1) is 5.38 Å². The van der Waals surface area contributed by atoms with Gasteiger partial charge in [-0.3, -0.25) is 0 Å². The van der Waals surface area contributed by atoms with Crippen molar-refractivity contribution in [2.75, 3.05) is 0 Å². The topological polar surface area (TPSA) is 26.3 Å². The van der Waals surface area contributed by atoms with Gasteiger partial charge >= 0.3 is 5.97 Å². The van der Waals surface area contributed by atoms with Crippen molar-refractivity contribution in [1.29, 1.82) is 0 Å². The van der Waals surface area contributed by atoms with Crippen LogP contribution in [0.15, 0.2) is 23.3 Å². The molecule has 98 valence electrons. The highest BCUT2D eigenvalue weighted by Crippen LogP contribution is 2.54. The third kappa shape index (κ3) is 1.58. The van der Waals surface area contributed by atoms with Gasteiger partial charge in [-0.05, 0) is 42.6 Å². The zero-order chi connectivity index (χ0) is 13.1. The molecule has 0 bridgehead atoms. The summed E-state index contributed by atoms with van der Waals surface area (Å²) in [5, 5.41) is 0.110. The molecule has 0 radical (unpaired) electrons. The lowest BCUT2D eigenvalue weighted by atomic mass is 9.58. The van der Waals surface area contributed by atoms with Gasteiger partial charge in [-0.2, -0.15) is 0 Å². The average Bonchev–Trinajstić information content (AvgIpc) is 2.58. The van der Waals surface area contributed by atoms with Crippen molar-refractivity contribution in [3.63, 3.8) is 0 Å². The monoisotopic (exact) mass is 266 g/mol. The van der Waals surface area contributed by atoms with E-state index in [-0.39, 0.29) is 22.9 Å². The average molecular weight is 267 g/mol. The fourth-order valence-corrected chi connectivity index (χ4v) is 4.07. The molecule has 1 aliphatic heterocycles. The van der Waals surface area contributed by atoms with Crippen molar-refractivity contribution in [2.24, 2.45) is 17.3 Å². The van der Waals surface area contributed by atoms with E-state index >= 15 is 0 Å². The maximum Gasteiger partial charge on any atom is 0.334 e. The first kappa shape index (κ1) is 12.3. The molecule has 1 saturated carbocycles. The Balaban J connectivity index is 1.99. The highest BCUT2D eigenvalue weighted by atomic mass is 35.5. The summed E-state index contributed by atoms with van der Waals surface area (Å²) in [6.07, 6.45) is 6.21. The van der Waals surface area contributed by atoms with Gasteiger partial charge in [0.1, 0.15) is 6.10 Å². The Kier molecular flexibility index (Phi) is 2.64. The first-order valence-corrected chi connectivity index (χ1v) is 7.10. The molecule has 2 aliphatic carbocycles. The molecule has 0 aromatic rings. The van der Waals surface area contributed by atoms with Crippen molar-refractivity contribution < 1.29 is 9.53 Å². The quantitative estimate of drug-likeness (QED) is 0.381. The number of esters is 1. The van der Waals surface area contributed by atoms with Crippen LogP contribution in [0.3, 0.4) is 0 Å². The van der Waals surface area contributed by atoms with Crippen LogP contribution in [-0.4, -0.2) is 17.5 Å². The van der Waals surface area contributed by atoms with E-state index < -0.39 is 0 Å². The molecule has 0 spiro atoms. The minimum atomic E-state index is -0.128. The summed E-state index contributed by atoms with van der Waals surface area (Å²) in [5.74, 6) is 0.829. The second-order valence-electron chi connectivity index (χ2n) is 6.23. The molecule has 0 saturated heterocycles. The van der Waals surface area contributed by atoms with Crippen LogP contribution in [0.25, 0.3) is 0 Å². The molecule has 3 aliphatic rings. The third-order valence-electron chi connectivity index (χ3n) is 5.14. The second-order valence-corrected chi connectivity index (χ2v) is 6.73. The van der Waals surface area contributed by atoms with Gasteiger partial charge in [-0.1, -0.05) is 26.0 Å². The maximum absolute atomic E-state index is 11.7. The molecule has 1 unspecified atom stereocenters. The molecule has 0 amide bonds. The first-order valence-electron chi connectivity index (χ1n) is 6.66. The first-order chi connectivity index (χ1) is 8.42. The predicted molar refractivity (Wildman–Crippen MR) is 71.4 cm³/mol. The van der Waals surface area contributed by atoms with Crippen LogP contribution in [0.2, 0.25) is 0 Å². The van der Waals surface area contributed by atoms with E-state index in [9.17, 15) is 4.79 Å². The van der Waals surface area contributed by atoms with E-state index in [1.54, 1.807) is 0 Å². The largest absolute Gasteiger partial charge is 0.454 e. The standard InChI is InChI=1S/C15H19ClO2/c1-8-10-6-11-9(2)12(16)4-5-15(11,3)7-13(10)18-14(8)17/h4-5,9,11-13H,6-7H2,1-3H3/t9-,11-,12?,13+,15-/m1/s1. The van der Waals surface area contributed by atoms with Crippen LogP contribution >= 0.6 is 11.6 Å². The molecule has 0 N–H and O–H groups in total. The second kappa shape index (κ2) is 3.86. The van der Waals surface area contributed by atoms with E-state index in [1.165, 1.54) is 5.57 Å². The van der Waals surface area contributed by atoms with Gasteiger partial charge in [0.15, 0.2) is 0 Å². The number of fused-ring (bicyclic) bond motifs is 2. The number of carbonyl (C=O) groups is 1. The number of carbonyl (C=O) groups excluding carboxylic acids is 1. The Morgan fingerprint density at radius 1 is 1.50 bits per heavy atom. The van der Waals surface area contributed by atoms with Crippen molar-refractivity contribution in [3.8, 4) is 0 Å². The summed E-state index contributed by atoms with van der Waals surface area (Å²) in [6, 6.07) is 0. The number of hydrogen-bond donors (Lipinski definition) is 0. The molecule has 2 nitrogen and oxygen atoms in total. The summed E-state index contributed by atoms with van der Waals surface area (Å²) in [5.41, 5.74) is 2.16. The fraction of sp³-hybridized carbons (Fsp3) is 0.667. The Morgan fingerprint density at radius 3 is 2.94 bits per heavy atom. The number of alkyl halides is 1. The molecule has 0 aromatic carbocycles. The molecule has 0 aromatic heterocycles. The van der Waals surface area contributed by atoms with Crippen LogP contribution in [0, 0.1) is 17.3 Å². The predicted octanol–water partition coefficient (Wildman–Crippen LogP) is 3.46. The summed E-state index contributed by atoms with van der Waals surface area (Å²) in [4.78, 5) is 11.7. The molecule has 5 atom stereocenters. The van der Waals surface area contributed by atoms with Gasteiger partial charge in [0.25, 0.3) is 0 Å². The molecular formula is C15H19ClO2. The van der Waals surface area contributed by atoms with Gasteiger partial charge in [0.2, 0.25) is 0 Å². The zero-order valence-electron chi connectivity index (χ0n) is 11.1. The highest BCUT2D eigenvalue weighted by Gasteiger charge is 2.50. The number of halogens is 1. The lowest BCUT2D eigenvalue weighted by Crippen LogP contribution is -2.44. The molecule has 3 heteroatoms. The Morgan fingerprint density at radius 2 is 2.22 bits per heavy atom. The van der Waals surface area contributed by atoms with Crippen LogP contribution in [-0.2, 0) is 9.53 Å². The number of allylic oxidation sites excluding steroid dienone is 2. The smallest absolute Gasteiger partial charge is 0.334 e. The Labute approximate surface area is 113 Å². The van der Waals surface area contributed by atoms with Crippen LogP contribution in [0.4, 0.5) is 0 Å². The Hall–Kier alpha value is -0.760. The van der Waals surface area contributed by atoms with Crippen molar-refractivity contribution in [1.82, 2.24) is 0 Å². The summed E-state index contributed by atoms with van der Waals surface area (Å²) in [6.45, 7) is 6.38.